The number of hydrogen-bond donors (Lipinski definition) is 0. The van der Waals surface area contributed by atoms with Crippen LogP contribution in [0.25, 0.3) is 0 Å². The fourth-order valence-corrected chi connectivity index (χ4v) is 3.55. The fourth-order valence-electron chi connectivity index (χ4n) is 2.13. The fraction of sp³-hybridized carbons (Fsp3) is 0.438. The first-order valence-corrected chi connectivity index (χ1v) is 7.77. The maximum absolute atomic E-state index is 12.5. The van der Waals surface area contributed by atoms with Gasteiger partial charge in [-0.2, -0.15) is 0 Å². The van der Waals surface area contributed by atoms with Crippen molar-refractivity contribution < 1.29 is 9.53 Å². The monoisotopic (exact) mass is 291 g/mol. The van der Waals surface area contributed by atoms with Crippen molar-refractivity contribution in [1.29, 1.82) is 0 Å². The smallest absolute Gasteiger partial charge is 0.411 e. The molecule has 1 unspecified atom stereocenters. The zero-order valence-corrected chi connectivity index (χ0v) is 13.0. The number of amides is 1. The van der Waals surface area contributed by atoms with Gasteiger partial charge in [0.05, 0.1) is 6.04 Å². The van der Waals surface area contributed by atoms with E-state index in [2.05, 4.69) is 6.58 Å². The highest BCUT2D eigenvalue weighted by molar-refractivity contribution is 7.99. The van der Waals surface area contributed by atoms with E-state index in [0.717, 1.165) is 11.3 Å². The standard InChI is InChI=1S/C16H21NO2S/c1-5-13-11-20-14(12-9-7-6-8-10-12)17(13)15(18)19-16(2,3)4/h5-10,13-14H,1,11H2,2-4H3/t13-,14?/m1/s1. The lowest BCUT2D eigenvalue weighted by molar-refractivity contribution is 0.0208. The third-order valence-corrected chi connectivity index (χ3v) is 4.34. The minimum atomic E-state index is -0.489. The Morgan fingerprint density at radius 3 is 2.60 bits per heavy atom. The highest BCUT2D eigenvalue weighted by Gasteiger charge is 2.39. The molecule has 1 saturated heterocycles. The Morgan fingerprint density at radius 2 is 2.05 bits per heavy atom. The molecule has 0 bridgehead atoms. The highest BCUT2D eigenvalue weighted by atomic mass is 32.2. The van der Waals surface area contributed by atoms with Crippen LogP contribution in [-0.2, 0) is 4.74 Å². The van der Waals surface area contributed by atoms with Crippen LogP contribution in [0.15, 0.2) is 43.0 Å². The molecule has 1 aromatic carbocycles. The predicted molar refractivity (Wildman–Crippen MR) is 83.7 cm³/mol. The van der Waals surface area contributed by atoms with Crippen molar-refractivity contribution in [3.8, 4) is 0 Å². The Labute approximate surface area is 125 Å². The third kappa shape index (κ3) is 3.37. The molecular weight excluding hydrogens is 270 g/mol. The van der Waals surface area contributed by atoms with Crippen LogP contribution in [0.2, 0.25) is 0 Å². The van der Waals surface area contributed by atoms with E-state index in [9.17, 15) is 4.79 Å². The average molecular weight is 291 g/mol. The summed E-state index contributed by atoms with van der Waals surface area (Å²) in [6.45, 7) is 9.49. The summed E-state index contributed by atoms with van der Waals surface area (Å²) in [5, 5.41) is -0.00551. The van der Waals surface area contributed by atoms with E-state index in [1.54, 1.807) is 16.7 Å². The van der Waals surface area contributed by atoms with Crippen molar-refractivity contribution in [3.05, 3.63) is 48.6 Å². The van der Waals surface area contributed by atoms with E-state index >= 15 is 0 Å². The van der Waals surface area contributed by atoms with E-state index in [1.165, 1.54) is 0 Å². The molecule has 1 fully saturated rings. The molecule has 4 heteroatoms. The second-order valence-corrected chi connectivity index (χ2v) is 6.90. The van der Waals surface area contributed by atoms with Gasteiger partial charge in [-0.05, 0) is 26.3 Å². The Balaban J connectivity index is 2.24. The summed E-state index contributed by atoms with van der Waals surface area (Å²) in [6.07, 6.45) is 1.54. The SMILES string of the molecule is C=C[C@@H]1CSC(c2ccccc2)N1C(=O)OC(C)(C)C. The summed E-state index contributed by atoms with van der Waals surface area (Å²) in [5.41, 5.74) is 0.629. The number of ether oxygens (including phenoxy) is 1. The maximum Gasteiger partial charge on any atom is 0.411 e. The van der Waals surface area contributed by atoms with Crippen molar-refractivity contribution in [3.63, 3.8) is 0 Å². The predicted octanol–water partition coefficient (Wildman–Crippen LogP) is 4.22. The molecule has 1 aromatic rings. The van der Waals surface area contributed by atoms with Gasteiger partial charge in [0.15, 0.2) is 0 Å². The van der Waals surface area contributed by atoms with Gasteiger partial charge in [0.25, 0.3) is 0 Å². The lowest BCUT2D eigenvalue weighted by Crippen LogP contribution is -2.40. The second kappa shape index (κ2) is 5.92. The first-order valence-electron chi connectivity index (χ1n) is 6.73. The van der Waals surface area contributed by atoms with Crippen LogP contribution in [0.3, 0.4) is 0 Å². The lowest BCUT2D eigenvalue weighted by atomic mass is 10.2. The quantitative estimate of drug-likeness (QED) is 0.764. The van der Waals surface area contributed by atoms with Crippen molar-refractivity contribution in [2.75, 3.05) is 5.75 Å². The van der Waals surface area contributed by atoms with E-state index in [-0.39, 0.29) is 17.5 Å². The molecule has 0 N–H and O–H groups in total. The van der Waals surface area contributed by atoms with Crippen LogP contribution >= 0.6 is 11.8 Å². The Kier molecular flexibility index (Phi) is 4.43. The molecule has 1 amide bonds. The summed E-state index contributed by atoms with van der Waals surface area (Å²) in [7, 11) is 0. The van der Waals surface area contributed by atoms with Crippen molar-refractivity contribution in [2.24, 2.45) is 0 Å². The van der Waals surface area contributed by atoms with Gasteiger partial charge in [0.1, 0.15) is 11.0 Å². The minimum absolute atomic E-state index is 0.00551. The third-order valence-electron chi connectivity index (χ3n) is 3.00. The lowest BCUT2D eigenvalue weighted by Gasteiger charge is -2.31. The topological polar surface area (TPSA) is 29.5 Å². The molecule has 3 nitrogen and oxygen atoms in total. The number of thioether (sulfide) groups is 1. The largest absolute Gasteiger partial charge is 0.444 e. The van der Waals surface area contributed by atoms with Gasteiger partial charge in [-0.25, -0.2) is 4.79 Å². The van der Waals surface area contributed by atoms with Crippen LogP contribution in [0.1, 0.15) is 31.7 Å². The Bertz CT molecular complexity index is 481. The molecule has 0 aromatic heterocycles. The summed E-state index contributed by atoms with van der Waals surface area (Å²) in [4.78, 5) is 14.2. The number of carbonyl (C=O) groups is 1. The average Bonchev–Trinajstić information content (AvgIpc) is 2.81. The normalized spacial score (nSPS) is 22.6. The van der Waals surface area contributed by atoms with Gasteiger partial charge < -0.3 is 4.74 Å². The zero-order chi connectivity index (χ0) is 14.8. The Hall–Kier alpha value is -1.42. The molecule has 0 aliphatic carbocycles. The first kappa shape index (κ1) is 15.0. The summed E-state index contributed by atoms with van der Waals surface area (Å²) >= 11 is 1.74. The summed E-state index contributed by atoms with van der Waals surface area (Å²) in [6, 6.07) is 10.1. The van der Waals surface area contributed by atoms with E-state index in [0.29, 0.717) is 0 Å². The van der Waals surface area contributed by atoms with Crippen LogP contribution < -0.4 is 0 Å². The molecule has 20 heavy (non-hydrogen) atoms. The molecule has 1 heterocycles. The summed E-state index contributed by atoms with van der Waals surface area (Å²) < 4.78 is 5.53. The Morgan fingerprint density at radius 1 is 1.40 bits per heavy atom. The van der Waals surface area contributed by atoms with Crippen molar-refractivity contribution in [2.45, 2.75) is 37.8 Å². The van der Waals surface area contributed by atoms with Gasteiger partial charge >= 0.3 is 6.09 Å². The molecule has 1 aliphatic rings. The molecule has 108 valence electrons. The van der Waals surface area contributed by atoms with E-state index in [1.807, 2.05) is 57.2 Å². The highest BCUT2D eigenvalue weighted by Crippen LogP contribution is 2.42. The van der Waals surface area contributed by atoms with E-state index in [4.69, 9.17) is 4.74 Å². The minimum Gasteiger partial charge on any atom is -0.444 e. The van der Waals surface area contributed by atoms with Crippen molar-refractivity contribution in [1.82, 2.24) is 4.90 Å². The van der Waals surface area contributed by atoms with Crippen LogP contribution in [0.4, 0.5) is 4.79 Å². The zero-order valence-electron chi connectivity index (χ0n) is 12.2. The molecule has 0 saturated carbocycles. The number of carbonyl (C=O) groups excluding carboxylic acids is 1. The van der Waals surface area contributed by atoms with Crippen LogP contribution in [-0.4, -0.2) is 28.4 Å². The first-order chi connectivity index (χ1) is 9.42. The van der Waals surface area contributed by atoms with Gasteiger partial charge in [-0.1, -0.05) is 36.4 Å². The van der Waals surface area contributed by atoms with E-state index < -0.39 is 5.60 Å². The van der Waals surface area contributed by atoms with Crippen molar-refractivity contribution >= 4 is 17.9 Å². The second-order valence-electron chi connectivity index (χ2n) is 5.79. The van der Waals surface area contributed by atoms with Crippen LogP contribution in [0.5, 0.6) is 0 Å². The van der Waals surface area contributed by atoms with Gasteiger partial charge in [-0.15, -0.1) is 18.3 Å². The number of benzene rings is 1. The van der Waals surface area contributed by atoms with Gasteiger partial charge in [0, 0.05) is 5.75 Å². The molecule has 0 spiro atoms. The molecule has 2 atom stereocenters. The number of rotatable bonds is 2. The maximum atomic E-state index is 12.5. The number of hydrogen-bond acceptors (Lipinski definition) is 3. The molecule has 1 aliphatic heterocycles. The molecule has 2 rings (SSSR count). The molecular formula is C16H21NO2S. The summed E-state index contributed by atoms with van der Waals surface area (Å²) in [5.74, 6) is 0.850. The van der Waals surface area contributed by atoms with Gasteiger partial charge in [-0.3, -0.25) is 4.90 Å². The van der Waals surface area contributed by atoms with Crippen LogP contribution in [0, 0.1) is 0 Å². The molecule has 0 radical (unpaired) electrons. The van der Waals surface area contributed by atoms with Gasteiger partial charge in [0.2, 0.25) is 0 Å². The number of nitrogens with zero attached hydrogens (tertiary/aromatic N) is 1.